The van der Waals surface area contributed by atoms with Gasteiger partial charge in [0.15, 0.2) is 0 Å². The van der Waals surface area contributed by atoms with E-state index in [1.165, 1.54) is 54.9 Å². The van der Waals surface area contributed by atoms with Crippen LogP contribution >= 0.6 is 0 Å². The van der Waals surface area contributed by atoms with Gasteiger partial charge in [-0.2, -0.15) is 0 Å². The number of hydrogen-bond acceptors (Lipinski definition) is 1. The fourth-order valence-corrected chi connectivity index (χ4v) is 6.49. The third-order valence-corrected chi connectivity index (χ3v) is 8.32. The summed E-state index contributed by atoms with van der Waals surface area (Å²) in [6.07, 6.45) is 0. The molecule has 0 radical (unpaired) electrons. The van der Waals surface area contributed by atoms with Crippen molar-refractivity contribution in [1.82, 2.24) is 9.55 Å². The van der Waals surface area contributed by atoms with Gasteiger partial charge in [-0.25, -0.2) is 4.98 Å². The zero-order valence-corrected chi connectivity index (χ0v) is 23.3. The molecule has 0 aliphatic rings. The van der Waals surface area contributed by atoms with E-state index in [-0.39, 0.29) is 0 Å². The predicted molar refractivity (Wildman–Crippen MR) is 177 cm³/mol. The van der Waals surface area contributed by atoms with E-state index in [2.05, 4.69) is 157 Å². The second kappa shape index (κ2) is 9.87. The summed E-state index contributed by atoms with van der Waals surface area (Å²) >= 11 is 0. The van der Waals surface area contributed by atoms with Gasteiger partial charge >= 0.3 is 0 Å². The number of imidazole rings is 1. The van der Waals surface area contributed by atoms with E-state index in [0.717, 1.165) is 22.5 Å². The first kappa shape index (κ1) is 24.3. The molecular weight excluding hydrogens is 508 g/mol. The molecule has 0 amide bonds. The van der Waals surface area contributed by atoms with E-state index < -0.39 is 0 Å². The zero-order chi connectivity index (χ0) is 28.0. The van der Waals surface area contributed by atoms with Crippen LogP contribution in [-0.4, -0.2) is 9.55 Å². The molecule has 1 aromatic heterocycles. The Labute approximate surface area is 245 Å². The van der Waals surface area contributed by atoms with Crippen molar-refractivity contribution in [3.63, 3.8) is 0 Å². The molecule has 0 aliphatic carbocycles. The van der Waals surface area contributed by atoms with Crippen molar-refractivity contribution in [3.05, 3.63) is 157 Å². The summed E-state index contributed by atoms with van der Waals surface area (Å²) in [4.78, 5) is 4.84. The van der Waals surface area contributed by atoms with Crippen LogP contribution in [0.4, 0.5) is 0 Å². The molecule has 0 bridgehead atoms. The van der Waals surface area contributed by atoms with Crippen LogP contribution in [0.5, 0.6) is 0 Å². The Morgan fingerprint density at radius 1 is 0.429 bits per heavy atom. The van der Waals surface area contributed by atoms with Crippen molar-refractivity contribution in [2.45, 2.75) is 6.92 Å². The van der Waals surface area contributed by atoms with Gasteiger partial charge in [0.2, 0.25) is 0 Å². The fourth-order valence-electron chi connectivity index (χ4n) is 6.49. The Hall–Kier alpha value is -5.47. The Kier molecular flexibility index (Phi) is 5.72. The van der Waals surface area contributed by atoms with Crippen LogP contribution in [0.2, 0.25) is 0 Å². The number of para-hydroxylation sites is 2. The third kappa shape index (κ3) is 3.92. The standard InChI is InChI=1S/C40H28N2/c1-27-41-37-21-10-11-22-38(37)42(27)32-18-12-17-31(25-32)40-34-20-9-8-19-33(34)39(29-15-6-3-7-16-29)36-26-30(23-24-35(36)40)28-13-4-2-5-14-28/h2-26H,1H3. The SMILES string of the molecule is Cc1nc2ccccc2n1-c1cccc(-c2c3ccccc3c(-c3ccccc3)c3cc(-c4ccccc4)ccc23)c1. The Morgan fingerprint density at radius 3 is 1.79 bits per heavy atom. The Morgan fingerprint density at radius 2 is 1.02 bits per heavy atom. The quantitative estimate of drug-likeness (QED) is 0.205. The van der Waals surface area contributed by atoms with E-state index in [1.54, 1.807) is 0 Å². The van der Waals surface area contributed by atoms with Crippen molar-refractivity contribution in [1.29, 1.82) is 0 Å². The molecule has 0 fully saturated rings. The van der Waals surface area contributed by atoms with Crippen molar-refractivity contribution in [2.24, 2.45) is 0 Å². The molecule has 8 rings (SSSR count). The second-order valence-electron chi connectivity index (χ2n) is 10.8. The van der Waals surface area contributed by atoms with Gasteiger partial charge < -0.3 is 0 Å². The topological polar surface area (TPSA) is 17.8 Å². The molecule has 2 heteroatoms. The summed E-state index contributed by atoms with van der Waals surface area (Å²) in [6.45, 7) is 2.08. The molecule has 0 unspecified atom stereocenters. The summed E-state index contributed by atoms with van der Waals surface area (Å²) < 4.78 is 2.26. The van der Waals surface area contributed by atoms with Crippen molar-refractivity contribution in [2.75, 3.05) is 0 Å². The van der Waals surface area contributed by atoms with E-state index in [9.17, 15) is 0 Å². The van der Waals surface area contributed by atoms with Crippen LogP contribution in [-0.2, 0) is 0 Å². The van der Waals surface area contributed by atoms with E-state index in [1.807, 2.05) is 6.07 Å². The van der Waals surface area contributed by atoms with Crippen LogP contribution in [0.1, 0.15) is 5.82 Å². The van der Waals surface area contributed by atoms with Gasteiger partial charge in [0.1, 0.15) is 5.82 Å². The lowest BCUT2D eigenvalue weighted by atomic mass is 9.85. The molecule has 0 aliphatic heterocycles. The average molecular weight is 537 g/mol. The van der Waals surface area contributed by atoms with Crippen LogP contribution in [0, 0.1) is 6.92 Å². The molecule has 0 saturated carbocycles. The number of hydrogen-bond donors (Lipinski definition) is 0. The monoisotopic (exact) mass is 536 g/mol. The number of aryl methyl sites for hydroxylation is 1. The predicted octanol–water partition coefficient (Wildman–Crippen LogP) is 10.6. The van der Waals surface area contributed by atoms with E-state index >= 15 is 0 Å². The highest BCUT2D eigenvalue weighted by molar-refractivity contribution is 6.22. The second-order valence-corrected chi connectivity index (χ2v) is 10.8. The Bertz CT molecular complexity index is 2240. The summed E-state index contributed by atoms with van der Waals surface area (Å²) in [5.74, 6) is 0.981. The van der Waals surface area contributed by atoms with E-state index in [4.69, 9.17) is 4.98 Å². The smallest absolute Gasteiger partial charge is 0.111 e. The molecule has 198 valence electrons. The summed E-state index contributed by atoms with van der Waals surface area (Å²) in [6, 6.07) is 54.5. The van der Waals surface area contributed by atoms with Gasteiger partial charge in [-0.1, -0.05) is 121 Å². The maximum atomic E-state index is 4.84. The summed E-state index contributed by atoms with van der Waals surface area (Å²) in [5, 5.41) is 5.01. The highest BCUT2D eigenvalue weighted by atomic mass is 15.1. The summed E-state index contributed by atoms with van der Waals surface area (Å²) in [7, 11) is 0. The number of aromatic nitrogens is 2. The minimum absolute atomic E-state index is 0.981. The molecule has 2 nitrogen and oxygen atoms in total. The lowest BCUT2D eigenvalue weighted by Crippen LogP contribution is -1.97. The van der Waals surface area contributed by atoms with Gasteiger partial charge in [0.05, 0.1) is 11.0 Å². The molecular formula is C40H28N2. The molecule has 0 spiro atoms. The molecule has 8 aromatic rings. The summed E-state index contributed by atoms with van der Waals surface area (Å²) in [5.41, 5.74) is 10.6. The van der Waals surface area contributed by atoms with Gasteiger partial charge in [-0.3, -0.25) is 4.57 Å². The third-order valence-electron chi connectivity index (χ3n) is 8.32. The maximum Gasteiger partial charge on any atom is 0.111 e. The van der Waals surface area contributed by atoms with Crippen molar-refractivity contribution in [3.8, 4) is 39.1 Å². The van der Waals surface area contributed by atoms with Gasteiger partial charge in [0.25, 0.3) is 0 Å². The molecule has 42 heavy (non-hydrogen) atoms. The molecule has 7 aromatic carbocycles. The first-order valence-corrected chi connectivity index (χ1v) is 14.4. The highest BCUT2D eigenvalue weighted by Crippen LogP contribution is 2.45. The van der Waals surface area contributed by atoms with Crippen LogP contribution in [0.3, 0.4) is 0 Å². The molecule has 0 saturated heterocycles. The highest BCUT2D eigenvalue weighted by Gasteiger charge is 2.18. The van der Waals surface area contributed by atoms with Crippen LogP contribution in [0.25, 0.3) is 71.6 Å². The zero-order valence-electron chi connectivity index (χ0n) is 23.3. The fraction of sp³-hybridized carbons (Fsp3) is 0.0250. The van der Waals surface area contributed by atoms with Gasteiger partial charge in [-0.15, -0.1) is 0 Å². The minimum atomic E-state index is 0.981. The van der Waals surface area contributed by atoms with Crippen LogP contribution in [0.15, 0.2) is 152 Å². The number of fused-ring (bicyclic) bond motifs is 3. The number of rotatable bonds is 4. The largest absolute Gasteiger partial charge is 0.297 e. The average Bonchev–Trinajstić information content (AvgIpc) is 3.39. The van der Waals surface area contributed by atoms with E-state index in [0.29, 0.717) is 0 Å². The first-order valence-electron chi connectivity index (χ1n) is 14.4. The van der Waals surface area contributed by atoms with Gasteiger partial charge in [0, 0.05) is 5.69 Å². The lowest BCUT2D eigenvalue weighted by Gasteiger charge is -2.19. The molecule has 0 N–H and O–H groups in total. The van der Waals surface area contributed by atoms with Crippen molar-refractivity contribution < 1.29 is 0 Å². The maximum absolute atomic E-state index is 4.84. The molecule has 1 heterocycles. The Balaban J connectivity index is 1.46. The molecule has 0 atom stereocenters. The van der Waals surface area contributed by atoms with Crippen LogP contribution < -0.4 is 0 Å². The normalized spacial score (nSPS) is 11.5. The number of nitrogens with zero attached hydrogens (tertiary/aromatic N) is 2. The van der Waals surface area contributed by atoms with Crippen molar-refractivity contribution >= 4 is 32.6 Å². The first-order chi connectivity index (χ1) is 20.8. The van der Waals surface area contributed by atoms with Gasteiger partial charge in [-0.05, 0) is 92.2 Å². The lowest BCUT2D eigenvalue weighted by molar-refractivity contribution is 1.00. The minimum Gasteiger partial charge on any atom is -0.297 e. The number of benzene rings is 7.